The van der Waals surface area contributed by atoms with Crippen LogP contribution in [0.3, 0.4) is 0 Å². The molecular formula is C17H18ClNO2. The molecule has 21 heavy (non-hydrogen) atoms. The molecule has 4 heteroatoms. The van der Waals surface area contributed by atoms with Gasteiger partial charge in [-0.2, -0.15) is 0 Å². The molecule has 0 fully saturated rings. The third kappa shape index (κ3) is 4.23. The second-order valence-electron chi connectivity index (χ2n) is 5.09. The molecule has 2 aromatic carbocycles. The number of nitrogens with one attached hydrogen (secondary N) is 1. The Balaban J connectivity index is 1.97. The highest BCUT2D eigenvalue weighted by Gasteiger charge is 2.08. The lowest BCUT2D eigenvalue weighted by Crippen LogP contribution is -2.20. The monoisotopic (exact) mass is 303 g/mol. The molecule has 0 radical (unpaired) electrons. The summed E-state index contributed by atoms with van der Waals surface area (Å²) in [5.41, 5.74) is 4.01. The molecule has 3 nitrogen and oxygen atoms in total. The normalized spacial score (nSPS) is 10.3. The smallest absolute Gasteiger partial charge is 0.262 e. The summed E-state index contributed by atoms with van der Waals surface area (Å²) in [6.07, 6.45) is 0. The van der Waals surface area contributed by atoms with Crippen molar-refractivity contribution in [3.63, 3.8) is 0 Å². The SMILES string of the molecule is Cc1ccc(NC(=O)COc2cc(C)ccc2Cl)c(C)c1. The lowest BCUT2D eigenvalue weighted by atomic mass is 10.1. The number of aryl methyl sites for hydroxylation is 3. The Morgan fingerprint density at radius 1 is 1.10 bits per heavy atom. The maximum absolute atomic E-state index is 11.9. The van der Waals surface area contributed by atoms with E-state index in [0.717, 1.165) is 22.4 Å². The maximum Gasteiger partial charge on any atom is 0.262 e. The van der Waals surface area contributed by atoms with E-state index < -0.39 is 0 Å². The van der Waals surface area contributed by atoms with Crippen LogP contribution in [0.1, 0.15) is 16.7 Å². The van der Waals surface area contributed by atoms with Gasteiger partial charge in [-0.3, -0.25) is 4.79 Å². The van der Waals surface area contributed by atoms with E-state index in [-0.39, 0.29) is 12.5 Å². The molecule has 110 valence electrons. The van der Waals surface area contributed by atoms with Gasteiger partial charge in [0, 0.05) is 5.69 Å². The lowest BCUT2D eigenvalue weighted by molar-refractivity contribution is -0.118. The molecule has 0 aliphatic rings. The molecule has 0 unspecified atom stereocenters. The number of anilines is 1. The number of carbonyl (C=O) groups is 1. The van der Waals surface area contributed by atoms with Crippen molar-refractivity contribution >= 4 is 23.2 Å². The quantitative estimate of drug-likeness (QED) is 0.915. The predicted molar refractivity (Wildman–Crippen MR) is 86.2 cm³/mol. The zero-order valence-electron chi connectivity index (χ0n) is 12.4. The topological polar surface area (TPSA) is 38.3 Å². The molecule has 0 heterocycles. The fourth-order valence-corrected chi connectivity index (χ4v) is 2.18. The van der Waals surface area contributed by atoms with Gasteiger partial charge in [0.05, 0.1) is 5.02 Å². The van der Waals surface area contributed by atoms with E-state index in [2.05, 4.69) is 5.32 Å². The van der Waals surface area contributed by atoms with Crippen LogP contribution in [-0.2, 0) is 4.79 Å². The van der Waals surface area contributed by atoms with E-state index in [4.69, 9.17) is 16.3 Å². The summed E-state index contributed by atoms with van der Waals surface area (Å²) in [5.74, 6) is 0.312. The first-order valence-corrected chi connectivity index (χ1v) is 7.09. The first-order chi connectivity index (χ1) is 9.95. The largest absolute Gasteiger partial charge is 0.482 e. The van der Waals surface area contributed by atoms with Crippen molar-refractivity contribution in [2.24, 2.45) is 0 Å². The van der Waals surface area contributed by atoms with Crippen molar-refractivity contribution in [1.82, 2.24) is 0 Å². The molecule has 0 aliphatic carbocycles. The fraction of sp³-hybridized carbons (Fsp3) is 0.235. The number of hydrogen-bond donors (Lipinski definition) is 1. The zero-order valence-corrected chi connectivity index (χ0v) is 13.1. The fourth-order valence-electron chi connectivity index (χ4n) is 2.00. The molecular weight excluding hydrogens is 286 g/mol. The van der Waals surface area contributed by atoms with Crippen LogP contribution < -0.4 is 10.1 Å². The Labute approximate surface area is 129 Å². The molecule has 0 aromatic heterocycles. The maximum atomic E-state index is 11.9. The van der Waals surface area contributed by atoms with Gasteiger partial charge in [0.2, 0.25) is 0 Å². The van der Waals surface area contributed by atoms with Gasteiger partial charge in [0.15, 0.2) is 6.61 Å². The number of carbonyl (C=O) groups excluding carboxylic acids is 1. The number of hydrogen-bond acceptors (Lipinski definition) is 2. The summed E-state index contributed by atoms with van der Waals surface area (Å²) >= 11 is 6.03. The molecule has 1 N–H and O–H groups in total. The Hall–Kier alpha value is -2.00. The Morgan fingerprint density at radius 2 is 1.76 bits per heavy atom. The number of amides is 1. The van der Waals surface area contributed by atoms with Crippen LogP contribution in [0.25, 0.3) is 0 Å². The van der Waals surface area contributed by atoms with Crippen molar-refractivity contribution in [3.05, 3.63) is 58.1 Å². The van der Waals surface area contributed by atoms with Gasteiger partial charge in [-0.15, -0.1) is 0 Å². The molecule has 0 bridgehead atoms. The summed E-state index contributed by atoms with van der Waals surface area (Å²) in [6.45, 7) is 5.84. The van der Waals surface area contributed by atoms with Gasteiger partial charge in [-0.1, -0.05) is 35.4 Å². The highest BCUT2D eigenvalue weighted by molar-refractivity contribution is 6.32. The average Bonchev–Trinajstić information content (AvgIpc) is 2.43. The molecule has 0 spiro atoms. The molecule has 2 aromatic rings. The second-order valence-corrected chi connectivity index (χ2v) is 5.50. The number of rotatable bonds is 4. The zero-order chi connectivity index (χ0) is 15.4. The third-order valence-corrected chi connectivity index (χ3v) is 3.41. The van der Waals surface area contributed by atoms with E-state index in [1.165, 1.54) is 0 Å². The highest BCUT2D eigenvalue weighted by atomic mass is 35.5. The predicted octanol–water partition coefficient (Wildman–Crippen LogP) is 4.28. The summed E-state index contributed by atoms with van der Waals surface area (Å²) in [5, 5.41) is 3.33. The van der Waals surface area contributed by atoms with Crippen LogP contribution in [0.4, 0.5) is 5.69 Å². The highest BCUT2D eigenvalue weighted by Crippen LogP contribution is 2.25. The molecule has 2 rings (SSSR count). The summed E-state index contributed by atoms with van der Waals surface area (Å²) in [6, 6.07) is 11.3. The van der Waals surface area contributed by atoms with Crippen LogP contribution in [-0.4, -0.2) is 12.5 Å². The number of benzene rings is 2. The van der Waals surface area contributed by atoms with Crippen LogP contribution in [0, 0.1) is 20.8 Å². The summed E-state index contributed by atoms with van der Waals surface area (Å²) < 4.78 is 5.47. The first kappa shape index (κ1) is 15.4. The van der Waals surface area contributed by atoms with Crippen LogP contribution >= 0.6 is 11.6 Å². The Morgan fingerprint density at radius 3 is 2.48 bits per heavy atom. The van der Waals surface area contributed by atoms with Gasteiger partial charge >= 0.3 is 0 Å². The Kier molecular flexibility index (Phi) is 4.86. The first-order valence-electron chi connectivity index (χ1n) is 6.72. The van der Waals surface area contributed by atoms with Crippen molar-refractivity contribution in [2.75, 3.05) is 11.9 Å². The molecule has 0 saturated heterocycles. The third-order valence-electron chi connectivity index (χ3n) is 3.10. The standard InChI is InChI=1S/C17H18ClNO2/c1-11-5-7-15(13(3)8-11)19-17(20)10-21-16-9-12(2)4-6-14(16)18/h4-9H,10H2,1-3H3,(H,19,20). The number of ether oxygens (including phenoxy) is 1. The van der Waals surface area contributed by atoms with E-state index in [1.807, 2.05) is 51.1 Å². The Bertz CT molecular complexity index is 668. The molecule has 0 atom stereocenters. The van der Waals surface area contributed by atoms with E-state index >= 15 is 0 Å². The minimum Gasteiger partial charge on any atom is -0.482 e. The van der Waals surface area contributed by atoms with Crippen LogP contribution in [0.2, 0.25) is 5.02 Å². The molecule has 0 aliphatic heterocycles. The van der Waals surface area contributed by atoms with Gasteiger partial charge in [-0.25, -0.2) is 0 Å². The summed E-state index contributed by atoms with van der Waals surface area (Å²) in [7, 11) is 0. The van der Waals surface area contributed by atoms with Gasteiger partial charge in [0.1, 0.15) is 5.75 Å². The van der Waals surface area contributed by atoms with Crippen molar-refractivity contribution in [3.8, 4) is 5.75 Å². The average molecular weight is 304 g/mol. The van der Waals surface area contributed by atoms with E-state index in [9.17, 15) is 4.79 Å². The van der Waals surface area contributed by atoms with Crippen molar-refractivity contribution in [1.29, 1.82) is 0 Å². The van der Waals surface area contributed by atoms with Crippen LogP contribution in [0.15, 0.2) is 36.4 Å². The van der Waals surface area contributed by atoms with Gasteiger partial charge in [-0.05, 0) is 50.1 Å². The lowest BCUT2D eigenvalue weighted by Gasteiger charge is -2.11. The summed E-state index contributed by atoms with van der Waals surface area (Å²) in [4.78, 5) is 11.9. The minimum absolute atomic E-state index is 0.0729. The van der Waals surface area contributed by atoms with Crippen molar-refractivity contribution in [2.45, 2.75) is 20.8 Å². The van der Waals surface area contributed by atoms with Gasteiger partial charge in [0.25, 0.3) is 5.91 Å². The second kappa shape index (κ2) is 6.64. The van der Waals surface area contributed by atoms with E-state index in [1.54, 1.807) is 6.07 Å². The molecule has 1 amide bonds. The van der Waals surface area contributed by atoms with Gasteiger partial charge < -0.3 is 10.1 Å². The van der Waals surface area contributed by atoms with E-state index in [0.29, 0.717) is 10.8 Å². The number of halogens is 1. The minimum atomic E-state index is -0.209. The van der Waals surface area contributed by atoms with Crippen LogP contribution in [0.5, 0.6) is 5.75 Å². The van der Waals surface area contributed by atoms with Crippen molar-refractivity contribution < 1.29 is 9.53 Å². The molecule has 0 saturated carbocycles.